The minimum atomic E-state index is -0.277. The SMILES string of the molecule is CN1C(=S)c2c(nn(Cc3ccc(-c4ccncc4)cc3)c2Nc2ccc(F)cc2)N2C1=NC1CCCC12. The maximum atomic E-state index is 13.6. The van der Waals surface area contributed by atoms with E-state index in [1.165, 1.54) is 12.1 Å². The van der Waals surface area contributed by atoms with Crippen molar-refractivity contribution < 1.29 is 4.39 Å². The molecule has 2 atom stereocenters. The molecule has 4 aromatic rings. The zero-order valence-electron chi connectivity index (χ0n) is 20.9. The van der Waals surface area contributed by atoms with Crippen LogP contribution in [0.5, 0.6) is 0 Å². The van der Waals surface area contributed by atoms with Crippen LogP contribution in [0, 0.1) is 5.82 Å². The van der Waals surface area contributed by atoms with Gasteiger partial charge in [0.2, 0.25) is 5.96 Å². The predicted molar refractivity (Wildman–Crippen MR) is 151 cm³/mol. The minimum Gasteiger partial charge on any atom is -0.340 e. The van der Waals surface area contributed by atoms with E-state index in [1.807, 2.05) is 28.8 Å². The van der Waals surface area contributed by atoms with E-state index in [-0.39, 0.29) is 11.9 Å². The lowest BCUT2D eigenvalue weighted by molar-refractivity contribution is 0.619. The molecule has 4 heterocycles. The normalized spacial score (nSPS) is 19.7. The molecule has 2 unspecified atom stereocenters. The Morgan fingerprint density at radius 1 is 0.974 bits per heavy atom. The van der Waals surface area contributed by atoms with Crippen LogP contribution in [0.4, 0.5) is 21.7 Å². The van der Waals surface area contributed by atoms with Gasteiger partial charge in [0.15, 0.2) is 5.82 Å². The first-order valence-electron chi connectivity index (χ1n) is 12.8. The fourth-order valence-corrected chi connectivity index (χ4v) is 6.01. The summed E-state index contributed by atoms with van der Waals surface area (Å²) < 4.78 is 15.6. The van der Waals surface area contributed by atoms with Gasteiger partial charge in [-0.3, -0.25) is 9.88 Å². The van der Waals surface area contributed by atoms with Crippen molar-refractivity contribution in [3.8, 4) is 11.1 Å². The Morgan fingerprint density at radius 3 is 2.47 bits per heavy atom. The smallest absolute Gasteiger partial charge is 0.208 e. The van der Waals surface area contributed by atoms with Crippen molar-refractivity contribution in [1.29, 1.82) is 0 Å². The van der Waals surface area contributed by atoms with E-state index in [9.17, 15) is 4.39 Å². The van der Waals surface area contributed by atoms with E-state index in [1.54, 1.807) is 24.5 Å². The highest BCUT2D eigenvalue weighted by molar-refractivity contribution is 7.80. The van der Waals surface area contributed by atoms with Gasteiger partial charge in [-0.2, -0.15) is 5.10 Å². The number of pyridine rings is 1. The van der Waals surface area contributed by atoms with Crippen molar-refractivity contribution in [2.45, 2.75) is 37.9 Å². The number of aromatic nitrogens is 3. The van der Waals surface area contributed by atoms with Crippen molar-refractivity contribution in [2.24, 2.45) is 4.99 Å². The number of rotatable bonds is 5. The lowest BCUT2D eigenvalue weighted by Crippen LogP contribution is -2.51. The van der Waals surface area contributed by atoms with Crippen molar-refractivity contribution in [3.63, 3.8) is 0 Å². The van der Waals surface area contributed by atoms with Crippen LogP contribution in [-0.4, -0.2) is 49.7 Å². The molecule has 0 saturated heterocycles. The lowest BCUT2D eigenvalue weighted by Gasteiger charge is -2.35. The Morgan fingerprint density at radius 2 is 1.71 bits per heavy atom. The third-order valence-corrected chi connectivity index (χ3v) is 8.14. The molecule has 9 heteroatoms. The molecule has 0 spiro atoms. The summed E-state index contributed by atoms with van der Waals surface area (Å²) >= 11 is 5.97. The molecule has 2 aliphatic heterocycles. The summed E-state index contributed by atoms with van der Waals surface area (Å²) in [7, 11) is 1.98. The molecule has 2 aromatic carbocycles. The Labute approximate surface area is 225 Å². The molecule has 2 aromatic heterocycles. The average molecular weight is 524 g/mol. The number of fused-ring (bicyclic) bond motifs is 5. The fraction of sp³-hybridized carbons (Fsp3) is 0.241. The number of benzene rings is 2. The summed E-state index contributed by atoms with van der Waals surface area (Å²) in [4.78, 5) is 14.1. The zero-order chi connectivity index (χ0) is 25.8. The van der Waals surface area contributed by atoms with E-state index >= 15 is 0 Å². The third-order valence-electron chi connectivity index (χ3n) is 7.66. The number of aliphatic imine (C=N–C) groups is 1. The van der Waals surface area contributed by atoms with Gasteiger partial charge < -0.3 is 10.2 Å². The highest BCUT2D eigenvalue weighted by Gasteiger charge is 2.48. The quantitative estimate of drug-likeness (QED) is 0.344. The van der Waals surface area contributed by atoms with Crippen LogP contribution in [0.2, 0.25) is 0 Å². The molecule has 3 aliphatic rings. The van der Waals surface area contributed by atoms with Crippen LogP contribution < -0.4 is 10.2 Å². The van der Waals surface area contributed by atoms with E-state index in [0.717, 1.165) is 64.8 Å². The number of nitrogens with zero attached hydrogens (tertiary/aromatic N) is 6. The van der Waals surface area contributed by atoms with Crippen LogP contribution in [0.25, 0.3) is 11.1 Å². The Kier molecular flexibility index (Phi) is 5.47. The van der Waals surface area contributed by atoms with Gasteiger partial charge >= 0.3 is 0 Å². The number of hydrogen-bond donors (Lipinski definition) is 1. The molecule has 1 N–H and O–H groups in total. The van der Waals surface area contributed by atoms with E-state index in [2.05, 4.69) is 39.5 Å². The Bertz CT molecular complexity index is 1550. The Balaban J connectivity index is 1.30. The summed E-state index contributed by atoms with van der Waals surface area (Å²) in [5.74, 6) is 2.25. The van der Waals surface area contributed by atoms with Gasteiger partial charge in [-0.1, -0.05) is 36.5 Å². The fourth-order valence-electron chi connectivity index (χ4n) is 5.74. The van der Waals surface area contributed by atoms with Crippen molar-refractivity contribution in [3.05, 3.63) is 90.0 Å². The predicted octanol–water partition coefficient (Wildman–Crippen LogP) is 5.59. The molecule has 7 rings (SSSR count). The molecule has 0 radical (unpaired) electrons. The topological polar surface area (TPSA) is 61.6 Å². The largest absolute Gasteiger partial charge is 0.340 e. The molecule has 0 bridgehead atoms. The van der Waals surface area contributed by atoms with E-state index in [4.69, 9.17) is 22.3 Å². The van der Waals surface area contributed by atoms with Gasteiger partial charge in [-0.25, -0.2) is 14.1 Å². The summed E-state index contributed by atoms with van der Waals surface area (Å²) in [6.07, 6.45) is 6.94. The van der Waals surface area contributed by atoms with Gasteiger partial charge in [0, 0.05) is 25.1 Å². The first kappa shape index (κ1) is 23.0. The summed E-state index contributed by atoms with van der Waals surface area (Å²) in [6, 6.07) is 19.4. The molecular formula is C29H26FN7S. The second kappa shape index (κ2) is 9.02. The maximum absolute atomic E-state index is 13.6. The van der Waals surface area contributed by atoms with Crippen LogP contribution >= 0.6 is 12.2 Å². The average Bonchev–Trinajstić information content (AvgIpc) is 3.63. The molecular weight excluding hydrogens is 497 g/mol. The minimum absolute atomic E-state index is 0.277. The van der Waals surface area contributed by atoms with Crippen LogP contribution in [0.15, 0.2) is 78.0 Å². The molecule has 1 aliphatic carbocycles. The van der Waals surface area contributed by atoms with Gasteiger partial charge in [-0.15, -0.1) is 0 Å². The number of guanidine groups is 1. The van der Waals surface area contributed by atoms with E-state index in [0.29, 0.717) is 17.6 Å². The number of hydrogen-bond acceptors (Lipinski definition) is 6. The van der Waals surface area contributed by atoms with Crippen LogP contribution in [-0.2, 0) is 6.54 Å². The van der Waals surface area contributed by atoms with Crippen LogP contribution in [0.3, 0.4) is 0 Å². The number of halogens is 1. The van der Waals surface area contributed by atoms with Gasteiger partial charge in [0.1, 0.15) is 16.6 Å². The number of thiocarbonyl (C=S) groups is 1. The van der Waals surface area contributed by atoms with Crippen LogP contribution in [0.1, 0.15) is 30.4 Å². The first-order chi connectivity index (χ1) is 18.6. The summed E-state index contributed by atoms with van der Waals surface area (Å²) in [5, 5.41) is 8.63. The second-order valence-electron chi connectivity index (χ2n) is 10.00. The molecule has 7 nitrogen and oxygen atoms in total. The highest BCUT2D eigenvalue weighted by Crippen LogP contribution is 2.43. The standard InChI is InChI=1S/C29H26FN7S/c1-35-28(38)25-26(32-22-11-9-21(30)10-12-22)36(34-27(25)37-24-4-2-3-23(24)33-29(35)37)17-18-5-7-19(8-6-18)20-13-15-31-16-14-20/h5-16,23-24,32H,2-4,17H2,1H3. The number of nitrogens with one attached hydrogen (secondary N) is 1. The third kappa shape index (κ3) is 3.77. The Hall–Kier alpha value is -4.11. The highest BCUT2D eigenvalue weighted by atomic mass is 32.1. The van der Waals surface area contributed by atoms with Crippen molar-refractivity contribution in [2.75, 3.05) is 17.3 Å². The van der Waals surface area contributed by atoms with Gasteiger partial charge in [-0.05, 0) is 72.4 Å². The summed E-state index contributed by atoms with van der Waals surface area (Å²) in [5.41, 5.74) is 5.02. The van der Waals surface area contributed by atoms with Gasteiger partial charge in [0.25, 0.3) is 0 Å². The van der Waals surface area contributed by atoms with Crippen molar-refractivity contribution >= 4 is 40.5 Å². The molecule has 1 saturated carbocycles. The monoisotopic (exact) mass is 523 g/mol. The first-order valence-corrected chi connectivity index (χ1v) is 13.3. The number of anilines is 3. The summed E-state index contributed by atoms with van der Waals surface area (Å²) in [6.45, 7) is 0.549. The van der Waals surface area contributed by atoms with Crippen molar-refractivity contribution in [1.82, 2.24) is 19.7 Å². The molecule has 1 fully saturated rings. The second-order valence-corrected chi connectivity index (χ2v) is 10.4. The van der Waals surface area contributed by atoms with E-state index < -0.39 is 0 Å². The molecule has 0 amide bonds. The van der Waals surface area contributed by atoms with Gasteiger partial charge in [0.05, 0.1) is 24.2 Å². The zero-order valence-corrected chi connectivity index (χ0v) is 21.7. The molecule has 190 valence electrons. The maximum Gasteiger partial charge on any atom is 0.208 e. The lowest BCUT2D eigenvalue weighted by atomic mass is 10.1. The molecule has 38 heavy (non-hydrogen) atoms.